The van der Waals surface area contributed by atoms with Crippen molar-refractivity contribution in [1.82, 2.24) is 10.6 Å². The summed E-state index contributed by atoms with van der Waals surface area (Å²) in [6.07, 6.45) is -100.0. The Labute approximate surface area is 641 Å². The fourth-order valence-electron chi connectivity index (χ4n) is 15.0. The minimum Gasteiger partial charge on any atom is -0.394 e. The van der Waals surface area contributed by atoms with Gasteiger partial charge in [0.1, 0.15) is 220 Å². The van der Waals surface area contributed by atoms with Crippen LogP contribution in [0, 0.1) is 0 Å². The molecule has 10 rings (SSSR count). The van der Waals surface area contributed by atoms with Gasteiger partial charge < -0.3 is 233 Å². The molecular formula is C64H108N2O47. The maximum atomic E-state index is 13.9. The monoisotopic (exact) mass is 1660 g/mol. The average Bonchev–Trinajstić information content (AvgIpc) is 0.755. The van der Waals surface area contributed by atoms with Crippen LogP contribution in [0.5, 0.6) is 0 Å². The van der Waals surface area contributed by atoms with Crippen molar-refractivity contribution in [1.29, 1.82) is 0 Å². The molecule has 50 atom stereocenters. The van der Waals surface area contributed by atoms with Gasteiger partial charge in [0.15, 0.2) is 62.9 Å². The summed E-state index contributed by atoms with van der Waals surface area (Å²) in [4.78, 5) is 27.8. The van der Waals surface area contributed by atoms with Crippen molar-refractivity contribution in [2.45, 2.75) is 348 Å². The van der Waals surface area contributed by atoms with Crippen molar-refractivity contribution in [3.8, 4) is 0 Å². The minimum absolute atomic E-state index is 0.894. The zero-order chi connectivity index (χ0) is 83.1. The number of amides is 2. The molecule has 1 unspecified atom stereocenters. The van der Waals surface area contributed by atoms with Crippen LogP contribution in [0.25, 0.3) is 0 Å². The summed E-state index contributed by atoms with van der Waals surface area (Å²) in [7, 11) is 0. The van der Waals surface area contributed by atoms with E-state index in [1.165, 1.54) is 27.7 Å². The van der Waals surface area contributed by atoms with Crippen LogP contribution in [-0.4, -0.2) is 491 Å². The van der Waals surface area contributed by atoms with E-state index in [2.05, 4.69) is 10.6 Å². The van der Waals surface area contributed by atoms with Gasteiger partial charge >= 0.3 is 0 Å². The lowest BCUT2D eigenvalue weighted by atomic mass is 9.92. The Kier molecular flexibility index (Phi) is 32.2. The minimum atomic E-state index is -2.54. The van der Waals surface area contributed by atoms with Crippen LogP contribution in [0.3, 0.4) is 0 Å². The molecule has 0 radical (unpaired) electrons. The molecule has 10 fully saturated rings. The first-order valence-corrected chi connectivity index (χ1v) is 36.6. The first-order chi connectivity index (χ1) is 53.3. The molecule has 10 aliphatic rings. The molecule has 0 bridgehead atoms. The molecular weight excluding hydrogens is 1550 g/mol. The predicted molar refractivity (Wildman–Crippen MR) is 347 cm³/mol. The van der Waals surface area contributed by atoms with Crippen LogP contribution in [-0.2, 0) is 99.6 Å². The van der Waals surface area contributed by atoms with Crippen molar-refractivity contribution in [3.63, 3.8) is 0 Å². The van der Waals surface area contributed by atoms with E-state index < -0.39 is 358 Å². The van der Waals surface area contributed by atoms with Crippen LogP contribution in [0.2, 0.25) is 0 Å². The Balaban J connectivity index is 1.10. The second-order valence-electron chi connectivity index (χ2n) is 29.4. The summed E-state index contributed by atoms with van der Waals surface area (Å²) in [5, 5.41) is 296. The molecule has 10 saturated heterocycles. The highest BCUT2D eigenvalue weighted by Crippen LogP contribution is 2.43. The zero-order valence-electron chi connectivity index (χ0n) is 61.3. The smallest absolute Gasteiger partial charge is 0.217 e. The molecule has 113 heavy (non-hydrogen) atoms. The first kappa shape index (κ1) is 92.4. The van der Waals surface area contributed by atoms with Gasteiger partial charge in [-0.2, -0.15) is 0 Å². The van der Waals surface area contributed by atoms with E-state index >= 15 is 0 Å². The first-order valence-electron chi connectivity index (χ1n) is 36.6. The molecule has 0 aromatic heterocycles. The van der Waals surface area contributed by atoms with E-state index in [-0.39, 0.29) is 0 Å². The van der Waals surface area contributed by atoms with Gasteiger partial charge in [-0.3, -0.25) is 9.59 Å². The SMILES string of the molecule is CC(=O)N[C@H]1[C@H](O[C@H]2[C@@H](O)[C@@H](CO)O[C@@H](O[C@@H]3[C@@H](NC(C)=O)[C@H](O[C@H]4[C@@H](O)[C@@H](CO)O[C@@H](O[C@H]5[C@H](O)[C@@H](O)C(O)O[C@@H]5CO)[C@@H]4O)O[C@H](CO)[C@H]3O[C@@H]3O[C@@H](C)[C@@H](O)[C@@H](O)[C@@H]3O)[C@@H]2O[C@@H]2O[C@@H](C)[C@@H](O)[C@@H](O)[C@@H]2O)O[C@H](CO)[C@@H](O[C@@H]2O[C@@H](C)[C@@H](O)[C@@H](O)[C@@H]2O)[C@@H]1O[C@@H]1O[C@H](CO)[C@H](O)[C@H](O)[C@H]1O[C@@H]1O[C@@H](C)[C@@H](O)[C@@H](O)[C@@H]1O. The average molecular weight is 1660 g/mol. The highest BCUT2D eigenvalue weighted by molar-refractivity contribution is 5.73. The quantitative estimate of drug-likeness (QED) is 0.0382. The van der Waals surface area contributed by atoms with Crippen molar-refractivity contribution in [2.75, 3.05) is 39.6 Å². The summed E-state index contributed by atoms with van der Waals surface area (Å²) in [6.45, 7) is -0.468. The molecule has 10 aliphatic heterocycles. The standard InChI is InChI=1S/C64H108N2O47/c1-13-27(75)34(82)41(89)58(95-13)106-47-24(12-72)104-57(26(66-18(6)74)49(47)108-63-53(38(86)31(79)19(7-67)101-63)112-60-43(91)36(84)29(77)15(3)97-60)111-52-33(81)21(9-69)102-64(54(52)113-61-44(92)37(85)30(78)16(4)98-61)109-50-25(65-17(5)73)56(103-23(11-71)48(50)107-59-42(90)35(83)28(76)14(2)96-59)110-51-32(80)20(8-68)100-62(45(51)93)105-46-22(10-70)99-55(94)40(88)39(46)87/h13-16,19-64,67-72,75-94H,7-12H2,1-6H3,(H,65,73)(H,66,74)/t13-,14-,15-,16-,19+,20+,21+,22+,23+,24+,25+,26+,27+,28+,29+,30+,31-,32-,33-,34+,35+,36+,37+,38-,39+,40+,41-,42-,43-,44-,45+,46+,47+,48+,49+,50+,51-,52-,53+,54+,55?,56-,57-,58-,59-,60-,61-,62-,63-,64-/m0/s1. The number of nitrogens with one attached hydrogen (secondary N) is 2. The van der Waals surface area contributed by atoms with Gasteiger partial charge in [-0.05, 0) is 27.7 Å². The Morgan fingerprint density at radius 3 is 0.867 bits per heavy atom. The third-order valence-corrected chi connectivity index (χ3v) is 21.5. The van der Waals surface area contributed by atoms with Gasteiger partial charge in [0.2, 0.25) is 11.8 Å². The Hall–Kier alpha value is -2.86. The number of aliphatic hydroxyl groups excluding tert-OH is 26. The number of carbonyl (C=O) groups is 2. The molecule has 49 nitrogen and oxygen atoms in total. The second-order valence-corrected chi connectivity index (χ2v) is 29.4. The molecule has 0 aromatic rings. The van der Waals surface area contributed by atoms with Crippen LogP contribution >= 0.6 is 0 Å². The normalized spacial score (nSPS) is 52.8. The molecule has 0 spiro atoms. The Morgan fingerprint density at radius 2 is 0.496 bits per heavy atom. The molecule has 10 heterocycles. The van der Waals surface area contributed by atoms with E-state index in [4.69, 9.17) is 90.0 Å². The highest BCUT2D eigenvalue weighted by Gasteiger charge is 2.63. The van der Waals surface area contributed by atoms with Gasteiger partial charge in [0, 0.05) is 13.8 Å². The fourth-order valence-corrected chi connectivity index (χ4v) is 15.0. The number of aliphatic hydroxyl groups is 26. The van der Waals surface area contributed by atoms with E-state index in [1.807, 2.05) is 0 Å². The third-order valence-electron chi connectivity index (χ3n) is 21.5. The van der Waals surface area contributed by atoms with Crippen molar-refractivity contribution >= 4 is 11.8 Å². The molecule has 2 amide bonds. The summed E-state index contributed by atoms with van der Waals surface area (Å²) < 4.78 is 116. The van der Waals surface area contributed by atoms with Gasteiger partial charge in [-0.1, -0.05) is 0 Å². The number of carbonyl (C=O) groups excluding carboxylic acids is 2. The third kappa shape index (κ3) is 19.6. The number of rotatable bonds is 26. The second kappa shape index (κ2) is 39.3. The van der Waals surface area contributed by atoms with Crippen molar-refractivity contribution < 1.29 is 232 Å². The largest absolute Gasteiger partial charge is 0.394 e. The number of hydrogen-bond acceptors (Lipinski definition) is 47. The fraction of sp³-hybridized carbons (Fsp3) is 0.969. The van der Waals surface area contributed by atoms with Gasteiger partial charge in [0.25, 0.3) is 0 Å². The maximum absolute atomic E-state index is 13.9. The Morgan fingerprint density at radius 1 is 0.230 bits per heavy atom. The molecule has 28 N–H and O–H groups in total. The molecule has 0 aromatic carbocycles. The van der Waals surface area contributed by atoms with E-state index in [9.17, 15) is 142 Å². The van der Waals surface area contributed by atoms with Gasteiger partial charge in [0.05, 0.1) is 64.1 Å². The summed E-state index contributed by atoms with van der Waals surface area (Å²) in [5.41, 5.74) is 0. The zero-order valence-corrected chi connectivity index (χ0v) is 61.3. The molecule has 0 aliphatic carbocycles. The lowest BCUT2D eigenvalue weighted by Crippen LogP contribution is -2.73. The van der Waals surface area contributed by atoms with Crippen LogP contribution < -0.4 is 10.6 Å². The number of ether oxygens (including phenoxy) is 19. The summed E-state index contributed by atoms with van der Waals surface area (Å²) >= 11 is 0. The molecule has 49 heteroatoms. The van der Waals surface area contributed by atoms with E-state index in [0.717, 1.165) is 13.8 Å². The van der Waals surface area contributed by atoms with Crippen molar-refractivity contribution in [3.05, 3.63) is 0 Å². The summed E-state index contributed by atoms with van der Waals surface area (Å²) in [5.74, 6) is -2.14. The predicted octanol–water partition coefficient (Wildman–Crippen LogP) is -18.4. The van der Waals surface area contributed by atoms with E-state index in [0.29, 0.717) is 0 Å². The highest BCUT2D eigenvalue weighted by atomic mass is 16.8. The number of hydrogen-bond donors (Lipinski definition) is 28. The topological polar surface area (TPSA) is 760 Å². The van der Waals surface area contributed by atoms with Crippen LogP contribution in [0.4, 0.5) is 0 Å². The van der Waals surface area contributed by atoms with Crippen LogP contribution in [0.15, 0.2) is 0 Å². The summed E-state index contributed by atoms with van der Waals surface area (Å²) in [6, 6.07) is -4.34. The van der Waals surface area contributed by atoms with Gasteiger partial charge in [-0.15, -0.1) is 0 Å². The van der Waals surface area contributed by atoms with E-state index in [1.54, 1.807) is 0 Å². The molecule has 0 saturated carbocycles. The maximum Gasteiger partial charge on any atom is 0.217 e. The van der Waals surface area contributed by atoms with Crippen molar-refractivity contribution in [2.24, 2.45) is 0 Å². The van der Waals surface area contributed by atoms with Gasteiger partial charge in [-0.25, -0.2) is 0 Å². The molecule has 656 valence electrons. The lowest BCUT2D eigenvalue weighted by Gasteiger charge is -2.53. The lowest BCUT2D eigenvalue weighted by molar-refractivity contribution is -0.414. The Bertz CT molecular complexity index is 2970. The van der Waals surface area contributed by atoms with Crippen LogP contribution in [0.1, 0.15) is 41.5 Å².